The summed E-state index contributed by atoms with van der Waals surface area (Å²) in [5, 5.41) is 34.0. The zero-order chi connectivity index (χ0) is 26.4. The molecule has 2 saturated heterocycles. The highest BCUT2D eigenvalue weighted by molar-refractivity contribution is 5.72. The molecule has 0 amide bonds. The van der Waals surface area contributed by atoms with E-state index in [0.29, 0.717) is 12.8 Å². The Balaban J connectivity index is 1.89. The van der Waals surface area contributed by atoms with E-state index in [0.717, 1.165) is 25.7 Å². The van der Waals surface area contributed by atoms with Crippen LogP contribution in [0.2, 0.25) is 0 Å². The average Bonchev–Trinajstić information content (AvgIpc) is 2.88. The molecule has 2 heterocycles. The fourth-order valence-corrected chi connectivity index (χ4v) is 6.00. The van der Waals surface area contributed by atoms with Gasteiger partial charge in [-0.3, -0.25) is 30.9 Å². The van der Waals surface area contributed by atoms with Crippen LogP contribution in [0.5, 0.6) is 0 Å². The summed E-state index contributed by atoms with van der Waals surface area (Å²) in [6.07, 6.45) is 4.50. The summed E-state index contributed by atoms with van der Waals surface area (Å²) in [7, 11) is 0. The number of nitrogens with one attached hydrogen (secondary N) is 4. The van der Waals surface area contributed by atoms with Crippen molar-refractivity contribution in [2.24, 2.45) is 11.8 Å². The van der Waals surface area contributed by atoms with Crippen molar-refractivity contribution in [1.29, 1.82) is 0 Å². The van der Waals surface area contributed by atoms with E-state index in [1.165, 1.54) is 0 Å². The Morgan fingerprint density at radius 3 is 0.971 bits per heavy atom. The molecule has 198 valence electrons. The lowest BCUT2D eigenvalue weighted by Crippen LogP contribution is -2.57. The minimum absolute atomic E-state index is 0.233. The second kappa shape index (κ2) is 9.34. The molecular formula is C26H50N4O4. The molecule has 34 heavy (non-hydrogen) atoms. The maximum Gasteiger partial charge on any atom is 0.309 e. The molecular weight excluding hydrogens is 432 g/mol. The van der Waals surface area contributed by atoms with E-state index >= 15 is 0 Å². The fraction of sp³-hybridized carbons (Fsp3) is 0.923. The average molecular weight is 483 g/mol. The predicted octanol–water partition coefficient (Wildman–Crippen LogP) is 3.66. The van der Waals surface area contributed by atoms with Crippen molar-refractivity contribution >= 4 is 11.9 Å². The molecule has 0 aliphatic carbocycles. The standard InChI is InChI=1S/C26H50N4O4/c1-21(2)22(3,4)28-25(9,27-21)17(19(31)32)15-13-11-12-14-16-18(20(33)34)26(10)29-23(5,6)24(7,8)30-26/h17-18,27-30H,11-16H2,1-10H3,(H,31,32)(H,33,34). The van der Waals surface area contributed by atoms with Crippen molar-refractivity contribution in [3.8, 4) is 0 Å². The van der Waals surface area contributed by atoms with Gasteiger partial charge in [0.2, 0.25) is 0 Å². The second-order valence-corrected chi connectivity index (χ2v) is 13.2. The molecule has 0 radical (unpaired) electrons. The third kappa shape index (κ3) is 5.61. The Morgan fingerprint density at radius 1 is 0.529 bits per heavy atom. The van der Waals surface area contributed by atoms with Crippen LogP contribution in [0.15, 0.2) is 0 Å². The summed E-state index contributed by atoms with van der Waals surface area (Å²) >= 11 is 0. The van der Waals surface area contributed by atoms with Crippen LogP contribution in [0, 0.1) is 11.8 Å². The smallest absolute Gasteiger partial charge is 0.309 e. The number of rotatable bonds is 11. The van der Waals surface area contributed by atoms with Crippen LogP contribution in [0.4, 0.5) is 0 Å². The summed E-state index contributed by atoms with van der Waals surface area (Å²) in [5.41, 5.74) is -2.29. The molecule has 8 nitrogen and oxygen atoms in total. The van der Waals surface area contributed by atoms with Gasteiger partial charge in [0, 0.05) is 22.2 Å². The van der Waals surface area contributed by atoms with Crippen molar-refractivity contribution in [2.45, 2.75) is 141 Å². The SMILES string of the molecule is CC1(C(CCCCCCC(C(=O)O)C2(C)NC(C)(C)C(C)(C)N2)C(=O)O)NC(C)(C)C(C)(C)N1. The molecule has 2 unspecified atom stereocenters. The van der Waals surface area contributed by atoms with E-state index in [1.807, 2.05) is 13.8 Å². The van der Waals surface area contributed by atoms with Crippen molar-refractivity contribution in [3.63, 3.8) is 0 Å². The van der Waals surface area contributed by atoms with Gasteiger partial charge in [-0.05, 0) is 82.1 Å². The molecule has 2 aliphatic rings. The van der Waals surface area contributed by atoms with Crippen LogP contribution in [0.1, 0.15) is 108 Å². The fourth-order valence-electron chi connectivity index (χ4n) is 6.00. The Hall–Kier alpha value is -1.22. The van der Waals surface area contributed by atoms with Crippen LogP contribution < -0.4 is 21.3 Å². The molecule has 8 heteroatoms. The quantitative estimate of drug-likeness (QED) is 0.247. The Labute approximate surface area is 206 Å². The first kappa shape index (κ1) is 29.0. The van der Waals surface area contributed by atoms with Crippen LogP contribution in [-0.2, 0) is 9.59 Å². The Bertz CT molecular complexity index is 679. The van der Waals surface area contributed by atoms with E-state index in [-0.39, 0.29) is 22.2 Å². The van der Waals surface area contributed by atoms with Crippen LogP contribution in [-0.4, -0.2) is 55.6 Å². The van der Waals surface area contributed by atoms with Crippen molar-refractivity contribution in [2.75, 3.05) is 0 Å². The zero-order valence-corrected chi connectivity index (χ0v) is 23.1. The van der Waals surface area contributed by atoms with E-state index < -0.39 is 35.1 Å². The first-order chi connectivity index (χ1) is 15.2. The number of hydrogen-bond acceptors (Lipinski definition) is 6. The molecule has 0 saturated carbocycles. The lowest BCUT2D eigenvalue weighted by molar-refractivity contribution is -0.146. The zero-order valence-electron chi connectivity index (χ0n) is 23.1. The summed E-state index contributed by atoms with van der Waals surface area (Å²) in [6.45, 7) is 20.7. The molecule has 2 aliphatic heterocycles. The molecule has 6 N–H and O–H groups in total. The third-order valence-corrected chi connectivity index (χ3v) is 9.14. The maximum absolute atomic E-state index is 12.1. The highest BCUT2D eigenvalue weighted by Crippen LogP contribution is 2.38. The molecule has 2 fully saturated rings. The van der Waals surface area contributed by atoms with Gasteiger partial charge in [0.15, 0.2) is 0 Å². The van der Waals surface area contributed by atoms with Crippen molar-refractivity contribution < 1.29 is 19.8 Å². The van der Waals surface area contributed by atoms with Crippen LogP contribution in [0.25, 0.3) is 0 Å². The van der Waals surface area contributed by atoms with Gasteiger partial charge >= 0.3 is 11.9 Å². The van der Waals surface area contributed by atoms with Gasteiger partial charge in [-0.25, -0.2) is 0 Å². The van der Waals surface area contributed by atoms with Gasteiger partial charge in [0.25, 0.3) is 0 Å². The number of carbonyl (C=O) groups is 2. The molecule has 2 atom stereocenters. The van der Waals surface area contributed by atoms with Gasteiger partial charge in [-0.1, -0.05) is 25.7 Å². The number of carboxylic acid groups (broad SMARTS) is 2. The normalized spacial score (nSPS) is 27.2. The van der Waals surface area contributed by atoms with E-state index in [9.17, 15) is 19.8 Å². The molecule has 0 spiro atoms. The molecule has 0 aromatic rings. The van der Waals surface area contributed by atoms with E-state index in [2.05, 4.69) is 76.7 Å². The largest absolute Gasteiger partial charge is 0.481 e. The first-order valence-corrected chi connectivity index (χ1v) is 12.8. The van der Waals surface area contributed by atoms with Gasteiger partial charge in [-0.2, -0.15) is 0 Å². The van der Waals surface area contributed by atoms with Gasteiger partial charge < -0.3 is 10.2 Å². The minimum Gasteiger partial charge on any atom is -0.481 e. The summed E-state index contributed by atoms with van der Waals surface area (Å²) in [6, 6.07) is 0. The monoisotopic (exact) mass is 482 g/mol. The summed E-state index contributed by atoms with van der Waals surface area (Å²) in [5.74, 6) is -2.68. The lowest BCUT2D eigenvalue weighted by Gasteiger charge is -2.34. The molecule has 0 bridgehead atoms. The molecule has 2 rings (SSSR count). The Morgan fingerprint density at radius 2 is 0.765 bits per heavy atom. The highest BCUT2D eigenvalue weighted by Gasteiger charge is 2.56. The van der Waals surface area contributed by atoms with Gasteiger partial charge in [0.1, 0.15) is 0 Å². The molecule has 0 aromatic carbocycles. The highest BCUT2D eigenvalue weighted by atomic mass is 16.4. The maximum atomic E-state index is 12.1. The summed E-state index contributed by atoms with van der Waals surface area (Å²) < 4.78 is 0. The number of hydrogen-bond donors (Lipinski definition) is 6. The number of carboxylic acids is 2. The first-order valence-electron chi connectivity index (χ1n) is 12.8. The molecule has 0 aromatic heterocycles. The number of aliphatic carboxylic acids is 2. The topological polar surface area (TPSA) is 123 Å². The van der Waals surface area contributed by atoms with Crippen molar-refractivity contribution in [1.82, 2.24) is 21.3 Å². The van der Waals surface area contributed by atoms with Crippen LogP contribution in [0.3, 0.4) is 0 Å². The number of unbranched alkanes of at least 4 members (excludes halogenated alkanes) is 3. The lowest BCUT2D eigenvalue weighted by atomic mass is 9.85. The van der Waals surface area contributed by atoms with E-state index in [1.54, 1.807) is 0 Å². The predicted molar refractivity (Wildman–Crippen MR) is 136 cm³/mol. The summed E-state index contributed by atoms with van der Waals surface area (Å²) in [4.78, 5) is 24.3. The van der Waals surface area contributed by atoms with Gasteiger partial charge in [0.05, 0.1) is 23.2 Å². The minimum atomic E-state index is -0.793. The van der Waals surface area contributed by atoms with Crippen molar-refractivity contribution in [3.05, 3.63) is 0 Å². The van der Waals surface area contributed by atoms with Gasteiger partial charge in [-0.15, -0.1) is 0 Å². The van der Waals surface area contributed by atoms with Crippen LogP contribution >= 0.6 is 0 Å². The Kier molecular flexibility index (Phi) is 7.97. The van der Waals surface area contributed by atoms with E-state index in [4.69, 9.17) is 0 Å². The second-order valence-electron chi connectivity index (χ2n) is 13.2. The third-order valence-electron chi connectivity index (χ3n) is 9.14.